The van der Waals surface area contributed by atoms with Gasteiger partial charge in [-0.25, -0.2) is 13.1 Å². The molecule has 1 fully saturated rings. The van der Waals surface area contributed by atoms with E-state index in [1.165, 1.54) is 0 Å². The summed E-state index contributed by atoms with van der Waals surface area (Å²) in [6.45, 7) is 4.74. The number of hydrogen-bond acceptors (Lipinski definition) is 3. The summed E-state index contributed by atoms with van der Waals surface area (Å²) in [6.07, 6.45) is 1.93. The molecule has 1 aromatic carbocycles. The van der Waals surface area contributed by atoms with E-state index in [0.717, 1.165) is 35.0 Å². The van der Waals surface area contributed by atoms with Gasteiger partial charge in [0.2, 0.25) is 10.0 Å². The van der Waals surface area contributed by atoms with Crippen molar-refractivity contribution in [1.82, 2.24) is 4.72 Å². The molecule has 0 amide bonds. The summed E-state index contributed by atoms with van der Waals surface area (Å²) in [5.74, 6) is 0. The summed E-state index contributed by atoms with van der Waals surface area (Å²) in [6, 6.07) is 3.52. The molecule has 6 heteroatoms. The molecule has 1 atom stereocenters. The first-order chi connectivity index (χ1) is 8.90. The number of ether oxygens (including phenoxy) is 1. The number of hydrogen-bond donors (Lipinski definition) is 1. The van der Waals surface area contributed by atoms with Crippen LogP contribution in [0, 0.1) is 13.8 Å². The molecule has 1 unspecified atom stereocenters. The van der Waals surface area contributed by atoms with Crippen LogP contribution in [0.5, 0.6) is 0 Å². The number of sulfonamides is 1. The lowest BCUT2D eigenvalue weighted by molar-refractivity contribution is 0.114. The average Bonchev–Trinajstić information content (AvgIpc) is 2.84. The minimum Gasteiger partial charge on any atom is -0.377 e. The van der Waals surface area contributed by atoms with Crippen LogP contribution < -0.4 is 4.72 Å². The van der Waals surface area contributed by atoms with Crippen LogP contribution in [0.3, 0.4) is 0 Å². The van der Waals surface area contributed by atoms with Crippen LogP contribution in [0.1, 0.15) is 24.0 Å². The molecule has 1 aliphatic rings. The molecular weight excluding hydrogens is 330 g/mol. The second kappa shape index (κ2) is 5.91. The van der Waals surface area contributed by atoms with E-state index in [-0.39, 0.29) is 6.10 Å². The fraction of sp³-hybridized carbons (Fsp3) is 0.538. The van der Waals surface area contributed by atoms with E-state index < -0.39 is 10.0 Å². The summed E-state index contributed by atoms with van der Waals surface area (Å²) in [7, 11) is -3.47. The predicted octanol–water partition coefficient (Wildman–Crippen LogP) is 2.52. The lowest BCUT2D eigenvalue weighted by Crippen LogP contribution is -2.32. The third-order valence-corrected chi connectivity index (χ3v) is 5.69. The Kier molecular flexibility index (Phi) is 4.66. The molecule has 0 aromatic heterocycles. The van der Waals surface area contributed by atoms with Gasteiger partial charge in [0.15, 0.2) is 0 Å². The van der Waals surface area contributed by atoms with E-state index in [1.807, 2.05) is 13.0 Å². The first-order valence-electron chi connectivity index (χ1n) is 6.28. The molecule has 1 aromatic rings. The van der Waals surface area contributed by atoms with Crippen LogP contribution in [-0.2, 0) is 14.8 Å². The number of rotatable bonds is 4. The van der Waals surface area contributed by atoms with Crippen molar-refractivity contribution in [3.05, 3.63) is 27.7 Å². The Morgan fingerprint density at radius 2 is 2.11 bits per heavy atom. The van der Waals surface area contributed by atoms with Gasteiger partial charge in [-0.15, -0.1) is 0 Å². The van der Waals surface area contributed by atoms with Crippen LogP contribution >= 0.6 is 15.9 Å². The highest BCUT2D eigenvalue weighted by atomic mass is 79.9. The number of aryl methyl sites for hydroxylation is 2. The third kappa shape index (κ3) is 3.56. The molecule has 0 aliphatic carbocycles. The van der Waals surface area contributed by atoms with Crippen LogP contribution in [0.2, 0.25) is 0 Å². The van der Waals surface area contributed by atoms with E-state index >= 15 is 0 Å². The maximum atomic E-state index is 12.3. The van der Waals surface area contributed by atoms with Crippen LogP contribution in [-0.4, -0.2) is 27.7 Å². The normalized spacial score (nSPS) is 19.8. The zero-order chi connectivity index (χ0) is 14.0. The van der Waals surface area contributed by atoms with E-state index in [9.17, 15) is 8.42 Å². The number of halogens is 1. The summed E-state index contributed by atoms with van der Waals surface area (Å²) in [4.78, 5) is 0.339. The maximum absolute atomic E-state index is 12.3. The summed E-state index contributed by atoms with van der Waals surface area (Å²) < 4.78 is 33.6. The van der Waals surface area contributed by atoms with E-state index in [4.69, 9.17) is 4.74 Å². The molecule has 1 N–H and O–H groups in total. The lowest BCUT2D eigenvalue weighted by Gasteiger charge is -2.14. The molecule has 1 aliphatic heterocycles. The summed E-state index contributed by atoms with van der Waals surface area (Å²) in [5.41, 5.74) is 1.64. The van der Waals surface area contributed by atoms with Gasteiger partial charge in [0.25, 0.3) is 0 Å². The second-order valence-electron chi connectivity index (χ2n) is 4.85. The Balaban J connectivity index is 2.16. The quantitative estimate of drug-likeness (QED) is 0.910. The van der Waals surface area contributed by atoms with Crippen LogP contribution in [0.4, 0.5) is 0 Å². The molecule has 2 rings (SSSR count). The van der Waals surface area contributed by atoms with Crippen molar-refractivity contribution >= 4 is 26.0 Å². The van der Waals surface area contributed by atoms with Crippen LogP contribution in [0.15, 0.2) is 21.5 Å². The summed E-state index contributed by atoms with van der Waals surface area (Å²) >= 11 is 3.40. The largest absolute Gasteiger partial charge is 0.377 e. The van der Waals surface area contributed by atoms with Gasteiger partial charge in [-0.05, 0) is 49.9 Å². The van der Waals surface area contributed by atoms with Gasteiger partial charge in [-0.3, -0.25) is 0 Å². The zero-order valence-corrected chi connectivity index (χ0v) is 13.5. The highest BCUT2D eigenvalue weighted by molar-refractivity contribution is 9.10. The minimum absolute atomic E-state index is 0.00614. The van der Waals surface area contributed by atoms with Crippen LogP contribution in [0.25, 0.3) is 0 Å². The number of benzene rings is 1. The molecule has 0 bridgehead atoms. The fourth-order valence-electron chi connectivity index (χ4n) is 2.13. The molecule has 0 saturated carbocycles. The molecule has 0 radical (unpaired) electrons. The van der Waals surface area contributed by atoms with Gasteiger partial charge in [-0.1, -0.05) is 15.9 Å². The van der Waals surface area contributed by atoms with Crippen molar-refractivity contribution in [3.8, 4) is 0 Å². The fourth-order valence-corrected chi connectivity index (χ4v) is 3.96. The van der Waals surface area contributed by atoms with Gasteiger partial charge in [0, 0.05) is 17.6 Å². The second-order valence-corrected chi connectivity index (χ2v) is 7.44. The van der Waals surface area contributed by atoms with Gasteiger partial charge >= 0.3 is 0 Å². The third-order valence-electron chi connectivity index (χ3n) is 3.27. The van der Waals surface area contributed by atoms with Crippen molar-refractivity contribution in [1.29, 1.82) is 0 Å². The van der Waals surface area contributed by atoms with E-state index in [0.29, 0.717) is 11.4 Å². The molecule has 1 heterocycles. The molecule has 106 valence electrons. The van der Waals surface area contributed by atoms with E-state index in [2.05, 4.69) is 20.7 Å². The molecule has 0 spiro atoms. The monoisotopic (exact) mass is 347 g/mol. The molecule has 4 nitrogen and oxygen atoms in total. The van der Waals surface area contributed by atoms with Crippen molar-refractivity contribution in [3.63, 3.8) is 0 Å². The van der Waals surface area contributed by atoms with Crippen molar-refractivity contribution in [2.75, 3.05) is 13.2 Å². The molecule has 1 saturated heterocycles. The molecule has 19 heavy (non-hydrogen) atoms. The Morgan fingerprint density at radius 1 is 1.37 bits per heavy atom. The smallest absolute Gasteiger partial charge is 0.240 e. The predicted molar refractivity (Wildman–Crippen MR) is 77.8 cm³/mol. The van der Waals surface area contributed by atoms with Gasteiger partial charge in [0.05, 0.1) is 11.0 Å². The van der Waals surface area contributed by atoms with Crippen molar-refractivity contribution in [2.24, 2.45) is 0 Å². The summed E-state index contributed by atoms with van der Waals surface area (Å²) in [5, 5.41) is 0. The standard InChI is InChI=1S/C13H18BrNO3S/c1-9-7-13(10(2)6-12(9)14)19(16,17)15-8-11-4-3-5-18-11/h6-7,11,15H,3-5,8H2,1-2H3. The highest BCUT2D eigenvalue weighted by Gasteiger charge is 2.22. The molecular formula is C13H18BrNO3S. The number of nitrogens with one attached hydrogen (secondary N) is 1. The Hall–Kier alpha value is -0.430. The van der Waals surface area contributed by atoms with Crippen molar-refractivity contribution < 1.29 is 13.2 Å². The SMILES string of the molecule is Cc1cc(S(=O)(=O)NCC2CCCO2)c(C)cc1Br. The van der Waals surface area contributed by atoms with E-state index in [1.54, 1.807) is 13.0 Å². The van der Waals surface area contributed by atoms with Crippen molar-refractivity contribution in [2.45, 2.75) is 37.7 Å². The minimum atomic E-state index is -3.47. The van der Waals surface area contributed by atoms with Gasteiger partial charge in [-0.2, -0.15) is 0 Å². The Morgan fingerprint density at radius 3 is 2.74 bits per heavy atom. The van der Waals surface area contributed by atoms with Gasteiger partial charge < -0.3 is 4.74 Å². The van der Waals surface area contributed by atoms with Gasteiger partial charge in [0.1, 0.15) is 0 Å². The Bertz CT molecular complexity index is 565. The first-order valence-corrected chi connectivity index (χ1v) is 8.56. The maximum Gasteiger partial charge on any atom is 0.240 e. The zero-order valence-electron chi connectivity index (χ0n) is 11.1. The average molecular weight is 348 g/mol. The Labute approximate surface area is 122 Å². The first kappa shape index (κ1) is 15.0. The lowest BCUT2D eigenvalue weighted by atomic mass is 10.2. The highest BCUT2D eigenvalue weighted by Crippen LogP contribution is 2.24. The topological polar surface area (TPSA) is 55.4 Å².